The number of ether oxygens (including phenoxy) is 1. The number of benzene rings is 2. The van der Waals surface area contributed by atoms with Crippen molar-refractivity contribution in [3.63, 3.8) is 0 Å². The Morgan fingerprint density at radius 2 is 1.93 bits per heavy atom. The summed E-state index contributed by atoms with van der Waals surface area (Å²) in [6, 6.07) is 12.8. The molecule has 4 nitrogen and oxygen atoms in total. The summed E-state index contributed by atoms with van der Waals surface area (Å²) in [5.41, 5.74) is 1.65. The summed E-state index contributed by atoms with van der Waals surface area (Å²) in [5.74, 6) is 0.265. The highest BCUT2D eigenvalue weighted by Crippen LogP contribution is 2.27. The van der Waals surface area contributed by atoms with E-state index in [4.69, 9.17) is 4.74 Å². The third kappa shape index (κ3) is 5.04. The Morgan fingerprint density at radius 3 is 2.59 bits per heavy atom. The van der Waals surface area contributed by atoms with Crippen LogP contribution < -0.4 is 10.1 Å². The molecule has 1 amide bonds. The summed E-state index contributed by atoms with van der Waals surface area (Å²) in [5, 5.41) is 3.14. The number of aromatic nitrogens is 1. The van der Waals surface area contributed by atoms with Gasteiger partial charge < -0.3 is 10.1 Å². The second kappa shape index (κ2) is 8.05. The van der Waals surface area contributed by atoms with Gasteiger partial charge in [-0.15, -0.1) is 0 Å². The number of thiazole rings is 1. The van der Waals surface area contributed by atoms with Crippen molar-refractivity contribution in [3.05, 3.63) is 53.8 Å². The lowest BCUT2D eigenvalue weighted by atomic mass is 9.87. The Kier molecular flexibility index (Phi) is 5.75. The summed E-state index contributed by atoms with van der Waals surface area (Å²) in [6.45, 7) is 6.96. The van der Waals surface area contributed by atoms with Gasteiger partial charge in [0.1, 0.15) is 17.1 Å². The first-order valence-corrected chi connectivity index (χ1v) is 9.73. The number of rotatable bonds is 6. The van der Waals surface area contributed by atoms with Gasteiger partial charge in [0.05, 0.1) is 11.3 Å². The molecule has 0 fully saturated rings. The van der Waals surface area contributed by atoms with Crippen LogP contribution in [0.25, 0.3) is 10.2 Å². The minimum Gasteiger partial charge on any atom is -0.494 e. The molecule has 3 aromatic rings. The maximum absolute atomic E-state index is 13.7. The van der Waals surface area contributed by atoms with Crippen LogP contribution in [0.4, 0.5) is 9.52 Å². The number of hydrogen-bond acceptors (Lipinski definition) is 4. The van der Waals surface area contributed by atoms with Crippen LogP contribution in [0, 0.1) is 5.82 Å². The molecule has 0 atom stereocenters. The number of hydrogen-bond donors (Lipinski definition) is 1. The molecule has 1 N–H and O–H groups in total. The molecule has 0 aliphatic carbocycles. The summed E-state index contributed by atoms with van der Waals surface area (Å²) in [6.07, 6.45) is 0.907. The predicted octanol–water partition coefficient (Wildman–Crippen LogP) is 5.53. The highest BCUT2D eigenvalue weighted by atomic mass is 32.1. The van der Waals surface area contributed by atoms with Crippen LogP contribution in [0.3, 0.4) is 0 Å². The summed E-state index contributed by atoms with van der Waals surface area (Å²) in [4.78, 5) is 16.2. The van der Waals surface area contributed by atoms with Gasteiger partial charge in [-0.2, -0.15) is 0 Å². The van der Waals surface area contributed by atoms with Crippen LogP contribution >= 0.6 is 11.3 Å². The Morgan fingerprint density at radius 1 is 1.19 bits per heavy atom. The molecule has 1 aromatic heterocycles. The topological polar surface area (TPSA) is 51.2 Å². The number of amides is 1. The summed E-state index contributed by atoms with van der Waals surface area (Å²) >= 11 is 1.26. The fourth-order valence-electron chi connectivity index (χ4n) is 2.62. The molecule has 6 heteroatoms. The Bertz CT molecular complexity index is 929. The molecule has 3 rings (SSSR count). The standard InChI is InChI=1S/C21H23FN2O2S/c1-21(2,3)14-9-11-15(12-10-14)26-13-5-8-18(25)23-20-24-19-16(22)6-4-7-17(19)27-20/h4,6-7,9-12H,5,8,13H2,1-3H3,(H,23,24,25). The number of para-hydroxylation sites is 1. The zero-order chi connectivity index (χ0) is 19.4. The van der Waals surface area contributed by atoms with Crippen LogP contribution in [0.1, 0.15) is 39.2 Å². The molecular formula is C21H23FN2O2S. The van der Waals surface area contributed by atoms with E-state index in [0.717, 1.165) is 5.75 Å². The van der Waals surface area contributed by atoms with Gasteiger partial charge in [0.15, 0.2) is 5.13 Å². The van der Waals surface area contributed by atoms with Gasteiger partial charge in [-0.3, -0.25) is 4.79 Å². The van der Waals surface area contributed by atoms with Crippen LogP contribution in [0.15, 0.2) is 42.5 Å². The molecule has 1 heterocycles. The van der Waals surface area contributed by atoms with Crippen molar-refractivity contribution in [2.75, 3.05) is 11.9 Å². The third-order valence-electron chi connectivity index (χ3n) is 4.15. The molecule has 0 radical (unpaired) electrons. The first kappa shape index (κ1) is 19.3. The minimum atomic E-state index is -0.380. The SMILES string of the molecule is CC(C)(C)c1ccc(OCCCC(=O)Nc2nc3c(F)cccc3s2)cc1. The Hall–Kier alpha value is -2.47. The number of halogens is 1. The van der Waals surface area contributed by atoms with E-state index in [1.807, 2.05) is 12.1 Å². The number of nitrogens with zero attached hydrogens (tertiary/aromatic N) is 1. The molecule has 0 spiro atoms. The van der Waals surface area contributed by atoms with Gasteiger partial charge in [-0.05, 0) is 41.7 Å². The van der Waals surface area contributed by atoms with E-state index in [0.29, 0.717) is 34.8 Å². The van der Waals surface area contributed by atoms with E-state index < -0.39 is 0 Å². The van der Waals surface area contributed by atoms with Crippen molar-refractivity contribution in [2.45, 2.75) is 39.0 Å². The molecule has 27 heavy (non-hydrogen) atoms. The largest absolute Gasteiger partial charge is 0.494 e. The van der Waals surface area contributed by atoms with E-state index in [1.165, 1.54) is 23.0 Å². The van der Waals surface area contributed by atoms with Gasteiger partial charge in [0, 0.05) is 6.42 Å². The fourth-order valence-corrected chi connectivity index (χ4v) is 3.52. The molecule has 2 aromatic carbocycles. The first-order chi connectivity index (χ1) is 12.8. The molecular weight excluding hydrogens is 363 g/mol. The number of nitrogens with one attached hydrogen (secondary N) is 1. The van der Waals surface area contributed by atoms with Crippen molar-refractivity contribution in [1.82, 2.24) is 4.98 Å². The summed E-state index contributed by atoms with van der Waals surface area (Å²) < 4.78 is 20.1. The zero-order valence-electron chi connectivity index (χ0n) is 15.7. The van der Waals surface area contributed by atoms with Gasteiger partial charge in [-0.1, -0.05) is 50.3 Å². The number of fused-ring (bicyclic) bond motifs is 1. The van der Waals surface area contributed by atoms with Crippen molar-refractivity contribution in [3.8, 4) is 5.75 Å². The number of anilines is 1. The molecule has 0 aliphatic rings. The normalized spacial score (nSPS) is 11.6. The second-order valence-corrected chi connectivity index (χ2v) is 8.41. The van der Waals surface area contributed by atoms with Gasteiger partial charge >= 0.3 is 0 Å². The van der Waals surface area contributed by atoms with E-state index in [2.05, 4.69) is 43.2 Å². The molecule has 0 aliphatic heterocycles. The van der Waals surface area contributed by atoms with E-state index in [-0.39, 0.29) is 17.1 Å². The predicted molar refractivity (Wildman–Crippen MR) is 108 cm³/mol. The van der Waals surface area contributed by atoms with Crippen molar-refractivity contribution < 1.29 is 13.9 Å². The van der Waals surface area contributed by atoms with Crippen LogP contribution in [0.5, 0.6) is 5.75 Å². The lowest BCUT2D eigenvalue weighted by Crippen LogP contribution is -2.13. The third-order valence-corrected chi connectivity index (χ3v) is 5.09. The fraction of sp³-hybridized carbons (Fsp3) is 0.333. The minimum absolute atomic E-state index is 0.111. The van der Waals surface area contributed by atoms with E-state index >= 15 is 0 Å². The Balaban J connectivity index is 1.44. The average molecular weight is 386 g/mol. The highest BCUT2D eigenvalue weighted by molar-refractivity contribution is 7.22. The van der Waals surface area contributed by atoms with Gasteiger partial charge in [0.2, 0.25) is 5.91 Å². The lowest BCUT2D eigenvalue weighted by molar-refractivity contribution is -0.116. The maximum atomic E-state index is 13.7. The maximum Gasteiger partial charge on any atom is 0.226 e. The van der Waals surface area contributed by atoms with Crippen LogP contribution in [0.2, 0.25) is 0 Å². The molecule has 0 unspecified atom stereocenters. The number of carbonyl (C=O) groups is 1. The molecule has 0 saturated carbocycles. The molecule has 0 bridgehead atoms. The van der Waals surface area contributed by atoms with Crippen LogP contribution in [-0.4, -0.2) is 17.5 Å². The van der Waals surface area contributed by atoms with E-state index in [9.17, 15) is 9.18 Å². The van der Waals surface area contributed by atoms with Crippen LogP contribution in [-0.2, 0) is 10.2 Å². The zero-order valence-corrected chi connectivity index (χ0v) is 16.5. The highest BCUT2D eigenvalue weighted by Gasteiger charge is 2.13. The smallest absolute Gasteiger partial charge is 0.226 e. The van der Waals surface area contributed by atoms with Crippen molar-refractivity contribution in [2.24, 2.45) is 0 Å². The number of carbonyl (C=O) groups excluding carboxylic acids is 1. The molecule has 142 valence electrons. The molecule has 0 saturated heterocycles. The quantitative estimate of drug-likeness (QED) is 0.567. The van der Waals surface area contributed by atoms with Gasteiger partial charge in [0.25, 0.3) is 0 Å². The van der Waals surface area contributed by atoms with E-state index in [1.54, 1.807) is 12.1 Å². The lowest BCUT2D eigenvalue weighted by Gasteiger charge is -2.19. The van der Waals surface area contributed by atoms with Crippen molar-refractivity contribution in [1.29, 1.82) is 0 Å². The first-order valence-electron chi connectivity index (χ1n) is 8.91. The summed E-state index contributed by atoms with van der Waals surface area (Å²) in [7, 11) is 0. The monoisotopic (exact) mass is 386 g/mol. The van der Waals surface area contributed by atoms with Crippen molar-refractivity contribution >= 4 is 32.6 Å². The van der Waals surface area contributed by atoms with Gasteiger partial charge in [-0.25, -0.2) is 9.37 Å². The second-order valence-electron chi connectivity index (χ2n) is 7.38. The Labute approximate surface area is 162 Å². The average Bonchev–Trinajstić information content (AvgIpc) is 3.02.